The van der Waals surface area contributed by atoms with Gasteiger partial charge in [0.2, 0.25) is 0 Å². The molecular weight excluding hydrogens is 249 g/mol. The first-order valence-electron chi connectivity index (χ1n) is 5.66. The maximum Gasteiger partial charge on any atom is 3.00 e. The zero-order valence-electron chi connectivity index (χ0n) is 9.12. The first kappa shape index (κ1) is 13.1. The largest absolute Gasteiger partial charge is 3.00 e. The van der Waals surface area contributed by atoms with Crippen molar-refractivity contribution in [1.82, 2.24) is 9.80 Å². The summed E-state index contributed by atoms with van der Waals surface area (Å²) in [7, 11) is 0. The molecule has 0 aliphatic carbocycles. The summed E-state index contributed by atoms with van der Waals surface area (Å²) in [6, 6.07) is 0.869. The van der Waals surface area contributed by atoms with Crippen LogP contribution >= 0.6 is 0 Å². The summed E-state index contributed by atoms with van der Waals surface area (Å²) in [6.45, 7) is 10.3. The Labute approximate surface area is 113 Å². The van der Waals surface area contributed by atoms with Crippen LogP contribution in [0, 0.1) is 6.92 Å². The van der Waals surface area contributed by atoms with Gasteiger partial charge in [0.25, 0.3) is 0 Å². The van der Waals surface area contributed by atoms with E-state index < -0.39 is 0 Å². The standard InChI is InChI=1S/C11H21N2.Y/c1-2-6-12-8-9-13-7-4-3-5-11(13)10-12;/h11H,1-10H2;/q-1;+3. The molecule has 2 fully saturated rings. The second-order valence-electron chi connectivity index (χ2n) is 4.34. The molecule has 1 unspecified atom stereocenters. The number of piperazine rings is 1. The fourth-order valence-corrected chi connectivity index (χ4v) is 2.65. The van der Waals surface area contributed by atoms with E-state index in [1.165, 1.54) is 52.0 Å². The van der Waals surface area contributed by atoms with E-state index in [9.17, 15) is 0 Å². The van der Waals surface area contributed by atoms with Gasteiger partial charge in [-0.05, 0) is 25.9 Å². The van der Waals surface area contributed by atoms with Crippen LogP contribution in [0.3, 0.4) is 0 Å². The van der Waals surface area contributed by atoms with Crippen LogP contribution in [0.4, 0.5) is 0 Å². The molecular formula is C11H21N2Y+2. The minimum absolute atomic E-state index is 0. The minimum atomic E-state index is 0. The fourth-order valence-electron chi connectivity index (χ4n) is 2.65. The van der Waals surface area contributed by atoms with Gasteiger partial charge in [0.15, 0.2) is 0 Å². The molecule has 2 aliphatic heterocycles. The molecule has 76 valence electrons. The van der Waals surface area contributed by atoms with E-state index in [0.29, 0.717) is 0 Å². The molecule has 0 N–H and O–H groups in total. The summed E-state index contributed by atoms with van der Waals surface area (Å²) < 4.78 is 0. The topological polar surface area (TPSA) is 6.48 Å². The summed E-state index contributed by atoms with van der Waals surface area (Å²) in [6.07, 6.45) is 5.35. The summed E-state index contributed by atoms with van der Waals surface area (Å²) in [5.74, 6) is 0. The van der Waals surface area contributed by atoms with Crippen LogP contribution in [-0.2, 0) is 32.7 Å². The van der Waals surface area contributed by atoms with Gasteiger partial charge in [-0.3, -0.25) is 4.90 Å². The van der Waals surface area contributed by atoms with Crippen molar-refractivity contribution in [2.24, 2.45) is 0 Å². The van der Waals surface area contributed by atoms with Crippen molar-refractivity contribution in [2.75, 3.05) is 32.7 Å². The summed E-state index contributed by atoms with van der Waals surface area (Å²) in [5, 5.41) is 0. The van der Waals surface area contributed by atoms with E-state index in [1.807, 2.05) is 0 Å². The Morgan fingerprint density at radius 1 is 1.14 bits per heavy atom. The van der Waals surface area contributed by atoms with Gasteiger partial charge in [0.05, 0.1) is 0 Å². The van der Waals surface area contributed by atoms with Crippen LogP contribution in [0.2, 0.25) is 0 Å². The van der Waals surface area contributed by atoms with Gasteiger partial charge in [-0.1, -0.05) is 6.42 Å². The molecule has 0 spiro atoms. The van der Waals surface area contributed by atoms with E-state index in [-0.39, 0.29) is 32.7 Å². The van der Waals surface area contributed by atoms with Gasteiger partial charge in [-0.25, -0.2) is 0 Å². The van der Waals surface area contributed by atoms with Gasteiger partial charge in [0, 0.05) is 25.7 Å². The third kappa shape index (κ3) is 3.26. The Balaban J connectivity index is 0.000000980. The number of nitrogens with zero attached hydrogens (tertiary/aromatic N) is 2. The van der Waals surface area contributed by atoms with Gasteiger partial charge in [-0.15, -0.1) is 0 Å². The van der Waals surface area contributed by atoms with Crippen LogP contribution in [0.25, 0.3) is 0 Å². The van der Waals surface area contributed by atoms with Crippen molar-refractivity contribution in [3.05, 3.63) is 6.92 Å². The van der Waals surface area contributed by atoms with E-state index in [1.54, 1.807) is 0 Å². The average Bonchev–Trinajstić information content (AvgIpc) is 2.18. The maximum absolute atomic E-state index is 3.93. The van der Waals surface area contributed by atoms with Crippen molar-refractivity contribution in [3.8, 4) is 0 Å². The molecule has 0 radical (unpaired) electrons. The number of hydrogen-bond donors (Lipinski definition) is 0. The average molecular weight is 270 g/mol. The van der Waals surface area contributed by atoms with Crippen molar-refractivity contribution >= 4 is 0 Å². The molecule has 14 heavy (non-hydrogen) atoms. The Kier molecular flexibility index (Phi) is 6.15. The third-order valence-electron chi connectivity index (χ3n) is 3.40. The Bertz CT molecular complexity index is 163. The van der Waals surface area contributed by atoms with Crippen LogP contribution in [0.15, 0.2) is 0 Å². The second-order valence-corrected chi connectivity index (χ2v) is 4.34. The molecule has 2 rings (SSSR count). The quantitative estimate of drug-likeness (QED) is 0.699. The third-order valence-corrected chi connectivity index (χ3v) is 3.40. The second kappa shape index (κ2) is 6.57. The predicted octanol–water partition coefficient (Wildman–Crippen LogP) is 1.38. The molecule has 2 saturated heterocycles. The predicted molar refractivity (Wildman–Crippen MR) is 55.6 cm³/mol. The number of fused-ring (bicyclic) bond motifs is 1. The van der Waals surface area contributed by atoms with Crippen LogP contribution in [0.1, 0.15) is 25.7 Å². The van der Waals surface area contributed by atoms with E-state index in [0.717, 1.165) is 12.5 Å². The Hall–Kier alpha value is 1.02. The van der Waals surface area contributed by atoms with Crippen molar-refractivity contribution in [1.29, 1.82) is 0 Å². The summed E-state index contributed by atoms with van der Waals surface area (Å²) in [5.41, 5.74) is 0. The number of piperidine rings is 1. The normalized spacial score (nSPS) is 29.4. The first-order valence-corrected chi connectivity index (χ1v) is 5.66. The van der Waals surface area contributed by atoms with Gasteiger partial charge in [0.1, 0.15) is 0 Å². The Morgan fingerprint density at radius 2 is 2.00 bits per heavy atom. The van der Waals surface area contributed by atoms with Crippen molar-refractivity contribution < 1.29 is 32.7 Å². The van der Waals surface area contributed by atoms with Gasteiger partial charge in [-0.2, -0.15) is 6.42 Å². The van der Waals surface area contributed by atoms with E-state index in [2.05, 4.69) is 16.7 Å². The van der Waals surface area contributed by atoms with Crippen LogP contribution in [-0.4, -0.2) is 48.6 Å². The molecule has 3 heteroatoms. The Morgan fingerprint density at radius 3 is 2.79 bits per heavy atom. The molecule has 2 heterocycles. The van der Waals surface area contributed by atoms with Crippen molar-refractivity contribution in [2.45, 2.75) is 31.7 Å². The molecule has 0 amide bonds. The van der Waals surface area contributed by atoms with Gasteiger partial charge < -0.3 is 11.8 Å². The number of hydrogen-bond acceptors (Lipinski definition) is 2. The summed E-state index contributed by atoms with van der Waals surface area (Å²) in [4.78, 5) is 5.27. The molecule has 0 aromatic carbocycles. The zero-order chi connectivity index (χ0) is 9.10. The molecule has 0 aromatic heterocycles. The molecule has 1 atom stereocenters. The van der Waals surface area contributed by atoms with Crippen LogP contribution < -0.4 is 0 Å². The molecule has 0 saturated carbocycles. The van der Waals surface area contributed by atoms with Crippen molar-refractivity contribution in [3.63, 3.8) is 0 Å². The van der Waals surface area contributed by atoms with E-state index >= 15 is 0 Å². The molecule has 0 bridgehead atoms. The monoisotopic (exact) mass is 270 g/mol. The maximum atomic E-state index is 3.93. The SMILES string of the molecule is [CH2-]CCN1CCN2CCCCC2C1.[Y+3]. The van der Waals surface area contributed by atoms with E-state index in [4.69, 9.17) is 0 Å². The minimum Gasteiger partial charge on any atom is -0.342 e. The van der Waals surface area contributed by atoms with Gasteiger partial charge >= 0.3 is 32.7 Å². The van der Waals surface area contributed by atoms with Crippen LogP contribution in [0.5, 0.6) is 0 Å². The smallest absolute Gasteiger partial charge is 0.342 e. The molecule has 0 aromatic rings. The molecule has 2 aliphatic rings. The fraction of sp³-hybridized carbons (Fsp3) is 0.909. The number of rotatable bonds is 2. The zero-order valence-corrected chi connectivity index (χ0v) is 12.0. The molecule has 2 nitrogen and oxygen atoms in total. The summed E-state index contributed by atoms with van der Waals surface area (Å²) >= 11 is 0. The first-order chi connectivity index (χ1) is 6.40.